The molecule has 0 aliphatic carbocycles. The first kappa shape index (κ1) is 2.31. The molecule has 0 spiro atoms. The van der Waals surface area contributed by atoms with E-state index in [4.69, 9.17) is 11.0 Å². The van der Waals surface area contributed by atoms with Crippen LogP contribution in [0.3, 0.4) is 0 Å². The Morgan fingerprint density at radius 2 is 2.80 bits per heavy atom. The zero-order valence-electron chi connectivity index (χ0n) is 13.0. The summed E-state index contributed by atoms with van der Waals surface area (Å²) in [6.45, 7) is -5.27. The summed E-state index contributed by atoms with van der Waals surface area (Å²) < 4.78 is 58.2. The molecule has 0 N–H and O–H groups in total. The molecule has 1 aromatic rings. The largest absolute Gasteiger partial charge is 0.261 e. The molecule has 0 amide bonds. The summed E-state index contributed by atoms with van der Waals surface area (Å²) >= 11 is 2.99. The Balaban J connectivity index is 3.29. The normalized spacial score (nSPS) is 25.7. The fourth-order valence-corrected chi connectivity index (χ4v) is 0.818. The predicted octanol–water partition coefficient (Wildman–Crippen LogP) is 2.71. The van der Waals surface area contributed by atoms with Gasteiger partial charge in [-0.3, -0.25) is 4.98 Å². The Kier molecular flexibility index (Phi) is 0.727. The van der Waals surface area contributed by atoms with Crippen molar-refractivity contribution in [2.24, 2.45) is 0 Å². The first-order valence-electron chi connectivity index (χ1n) is 6.54. The maximum Gasteiger partial charge on any atom is 0.0412 e. The van der Waals surface area contributed by atoms with Crippen molar-refractivity contribution in [1.29, 1.82) is 0 Å². The zero-order chi connectivity index (χ0) is 14.4. The molecule has 0 aromatic carbocycles. The van der Waals surface area contributed by atoms with Crippen LogP contribution in [0, 0.1) is 6.85 Å². The van der Waals surface area contributed by atoms with Crippen LogP contribution in [0.5, 0.6) is 0 Å². The van der Waals surface area contributed by atoms with Gasteiger partial charge in [-0.05, 0) is 24.9 Å². The summed E-state index contributed by atoms with van der Waals surface area (Å²) in [5.74, 6) is 0. The van der Waals surface area contributed by atoms with E-state index in [1.54, 1.807) is 0 Å². The number of aromatic nitrogens is 1. The van der Waals surface area contributed by atoms with Crippen molar-refractivity contribution in [3.05, 3.63) is 28.0 Å². The molecular weight excluding hydrogens is 190 g/mol. The van der Waals surface area contributed by atoms with Gasteiger partial charge in [-0.15, -0.1) is 0 Å². The van der Waals surface area contributed by atoms with E-state index in [0.29, 0.717) is 0 Å². The molecule has 0 radical (unpaired) electrons. The second-order valence-corrected chi connectivity index (χ2v) is 2.53. The lowest BCUT2D eigenvalue weighted by Crippen LogP contribution is -1.87. The van der Waals surface area contributed by atoms with Gasteiger partial charge in [0.15, 0.2) is 0 Å². The minimum Gasteiger partial charge on any atom is -0.261 e. The van der Waals surface area contributed by atoms with Crippen LogP contribution in [0.2, 0.25) is 0 Å². The molecule has 1 nitrogen and oxygen atoms in total. The molecule has 0 unspecified atom stereocenters. The van der Waals surface area contributed by atoms with Gasteiger partial charge in [-0.2, -0.15) is 0 Å². The lowest BCUT2D eigenvalue weighted by atomic mass is 10.2. The number of nitrogens with zero attached hydrogens (tertiary/aromatic N) is 1. The predicted molar refractivity (Wildman–Crippen MR) is 46.1 cm³/mol. The van der Waals surface area contributed by atoms with Crippen molar-refractivity contribution in [2.75, 3.05) is 0 Å². The molecule has 0 bridgehead atoms. The molecule has 10 heavy (non-hydrogen) atoms. The van der Waals surface area contributed by atoms with Crippen LogP contribution in [0.4, 0.5) is 0 Å². The Bertz CT molecular complexity index is 449. The van der Waals surface area contributed by atoms with E-state index in [2.05, 4.69) is 20.9 Å². The molecule has 0 aliphatic heterocycles. The third-order valence-electron chi connectivity index (χ3n) is 0.982. The minimum atomic E-state index is -2.87. The average Bonchev–Trinajstić information content (AvgIpc) is 2.13. The van der Waals surface area contributed by atoms with Gasteiger partial charge >= 0.3 is 0 Å². The average molecular weight is 208 g/mol. The van der Waals surface area contributed by atoms with Gasteiger partial charge in [0, 0.05) is 27.3 Å². The van der Waals surface area contributed by atoms with Gasteiger partial charge in [-0.1, -0.05) is 22.8 Å². The van der Waals surface area contributed by atoms with Gasteiger partial charge in [0.05, 0.1) is 0 Å². The lowest BCUT2D eigenvalue weighted by Gasteiger charge is -1.98. The van der Waals surface area contributed by atoms with E-state index in [9.17, 15) is 0 Å². The number of hydrogen-bond acceptors (Lipinski definition) is 1. The van der Waals surface area contributed by atoms with Crippen LogP contribution in [-0.4, -0.2) is 4.98 Å². The Morgan fingerprint density at radius 1 is 1.90 bits per heavy atom. The van der Waals surface area contributed by atoms with Crippen molar-refractivity contribution in [1.82, 2.24) is 4.98 Å². The molecule has 0 saturated carbocycles. The number of rotatable bonds is 1. The molecule has 1 rings (SSSR count). The smallest absolute Gasteiger partial charge is 0.0412 e. The van der Waals surface area contributed by atoms with Crippen molar-refractivity contribution in [2.45, 2.75) is 20.1 Å². The molecule has 0 saturated heterocycles. The van der Waals surface area contributed by atoms with Crippen LogP contribution < -0.4 is 0 Å². The third-order valence-corrected chi connectivity index (χ3v) is 1.64. The number of aryl methyl sites for hydroxylation is 2. The van der Waals surface area contributed by atoms with E-state index in [1.165, 1.54) is 0 Å². The molecule has 0 aliphatic rings. The molecule has 1 heterocycles. The quantitative estimate of drug-likeness (QED) is 0.691. The highest BCUT2D eigenvalue weighted by molar-refractivity contribution is 9.10. The van der Waals surface area contributed by atoms with Crippen LogP contribution in [0.15, 0.2) is 16.7 Å². The highest BCUT2D eigenvalue weighted by Crippen LogP contribution is 2.15. The van der Waals surface area contributed by atoms with Crippen molar-refractivity contribution >= 4 is 15.9 Å². The number of hydrogen-bond donors (Lipinski definition) is 0. The van der Waals surface area contributed by atoms with Gasteiger partial charge < -0.3 is 0 Å². The molecule has 1 aromatic heterocycles. The first-order chi connectivity index (χ1) is 7.87. The zero-order valence-corrected chi connectivity index (χ0v) is 6.57. The van der Waals surface area contributed by atoms with E-state index in [0.717, 1.165) is 12.3 Å². The highest BCUT2D eigenvalue weighted by atomic mass is 79.9. The maximum atomic E-state index is 7.52. The second-order valence-electron chi connectivity index (χ2n) is 1.67. The van der Waals surface area contributed by atoms with Gasteiger partial charge in [0.25, 0.3) is 0 Å². The second kappa shape index (κ2) is 3.15. The van der Waals surface area contributed by atoms with Gasteiger partial charge in [0.2, 0.25) is 0 Å². The maximum absolute atomic E-state index is 7.52. The van der Waals surface area contributed by atoms with Gasteiger partial charge in [-0.25, -0.2) is 0 Å². The van der Waals surface area contributed by atoms with Crippen LogP contribution in [0.1, 0.15) is 29.1 Å². The molecular formula is C8H10BrN. The SMILES string of the molecule is [2H]C([2H])([2H])c1cnc(C([2H])([2H])C([2H])([2H])[2H])cc1Br. The van der Waals surface area contributed by atoms with Crippen LogP contribution in [0.25, 0.3) is 0 Å². The summed E-state index contributed by atoms with van der Waals surface area (Å²) in [5.41, 5.74) is -0.421. The first-order valence-corrected chi connectivity index (χ1v) is 3.33. The van der Waals surface area contributed by atoms with Crippen molar-refractivity contribution in [3.63, 3.8) is 0 Å². The summed E-state index contributed by atoms with van der Waals surface area (Å²) in [7, 11) is 0. The fraction of sp³-hybridized carbons (Fsp3) is 0.375. The topological polar surface area (TPSA) is 12.9 Å². The Hall–Kier alpha value is -0.370. The molecule has 2 heteroatoms. The van der Waals surface area contributed by atoms with Crippen LogP contribution >= 0.6 is 15.9 Å². The van der Waals surface area contributed by atoms with E-state index >= 15 is 0 Å². The van der Waals surface area contributed by atoms with E-state index in [1.807, 2.05) is 0 Å². The lowest BCUT2D eigenvalue weighted by molar-refractivity contribution is 1.02. The fourth-order valence-electron chi connectivity index (χ4n) is 0.499. The summed E-state index contributed by atoms with van der Waals surface area (Å²) in [4.78, 5) is 3.62. The van der Waals surface area contributed by atoms with Crippen molar-refractivity contribution in [3.8, 4) is 0 Å². The minimum absolute atomic E-state index is 0.0902. The standard InChI is InChI=1S/C8H10BrN/c1-3-7-4-8(9)6(2)5-10-7/h4-5H,3H2,1-2H3/i1D3,2D3,3D2. The Labute approximate surface area is 80.9 Å². The van der Waals surface area contributed by atoms with Crippen molar-refractivity contribution < 1.29 is 11.0 Å². The van der Waals surface area contributed by atoms with E-state index < -0.39 is 20.1 Å². The number of pyridine rings is 1. The van der Waals surface area contributed by atoms with Gasteiger partial charge in [0.1, 0.15) is 0 Å². The van der Waals surface area contributed by atoms with E-state index in [-0.39, 0.29) is 15.7 Å². The van der Waals surface area contributed by atoms with Crippen LogP contribution in [-0.2, 0) is 6.37 Å². The monoisotopic (exact) mass is 207 g/mol. The molecule has 0 fully saturated rings. The molecule has 54 valence electrons. The summed E-state index contributed by atoms with van der Waals surface area (Å²) in [6.07, 6.45) is -1.67. The number of halogens is 1. The summed E-state index contributed by atoms with van der Waals surface area (Å²) in [5, 5.41) is 0. The molecule has 0 atom stereocenters. The Morgan fingerprint density at radius 3 is 3.40 bits per heavy atom. The third kappa shape index (κ3) is 1.57. The highest BCUT2D eigenvalue weighted by Gasteiger charge is 1.95. The summed E-state index contributed by atoms with van der Waals surface area (Å²) in [6, 6.07) is 1.09.